The molecule has 6 nitrogen and oxygen atoms in total. The average Bonchev–Trinajstić information content (AvgIpc) is 2.61. The summed E-state index contributed by atoms with van der Waals surface area (Å²) in [5, 5.41) is 3.24. The quantitative estimate of drug-likeness (QED) is 0.755. The van der Waals surface area contributed by atoms with Gasteiger partial charge in [-0.15, -0.1) is 0 Å². The molecule has 1 aromatic rings. The zero-order valence-corrected chi connectivity index (χ0v) is 16.9. The molecule has 1 amide bonds. The minimum Gasteiger partial charge on any atom is -0.466 e. The standard InChI is InChI=1S/C21H32N2O4/c1-5-26-19(24)10-13-22-18-8-6-16(7-9-18)17-11-14-23(15-12-17)20(25)27-21(2,3)4/h6-9,17,22H,5,10-15H2,1-4H3. The van der Waals surface area contributed by atoms with Crippen LogP contribution < -0.4 is 5.32 Å². The van der Waals surface area contributed by atoms with Crippen molar-refractivity contribution in [2.45, 2.75) is 58.5 Å². The van der Waals surface area contributed by atoms with Crippen LogP contribution in [-0.2, 0) is 14.3 Å². The maximum atomic E-state index is 12.2. The van der Waals surface area contributed by atoms with Gasteiger partial charge in [0, 0.05) is 25.3 Å². The van der Waals surface area contributed by atoms with Crippen LogP contribution in [0, 0.1) is 0 Å². The van der Waals surface area contributed by atoms with Gasteiger partial charge in [-0.3, -0.25) is 4.79 Å². The molecule has 1 heterocycles. The highest BCUT2D eigenvalue weighted by atomic mass is 16.6. The van der Waals surface area contributed by atoms with E-state index in [2.05, 4.69) is 17.4 Å². The van der Waals surface area contributed by atoms with Crippen LogP contribution in [0.3, 0.4) is 0 Å². The molecule has 0 atom stereocenters. The fourth-order valence-corrected chi connectivity index (χ4v) is 3.14. The van der Waals surface area contributed by atoms with Crippen LogP contribution in [0.15, 0.2) is 24.3 Å². The molecule has 27 heavy (non-hydrogen) atoms. The molecular weight excluding hydrogens is 344 g/mol. The Bertz CT molecular complexity index is 614. The number of rotatable bonds is 6. The van der Waals surface area contributed by atoms with Gasteiger partial charge in [-0.2, -0.15) is 0 Å². The predicted octanol–water partition coefficient (Wildman–Crippen LogP) is 4.17. The number of amides is 1. The molecule has 1 fully saturated rings. The number of anilines is 1. The third-order valence-electron chi connectivity index (χ3n) is 4.49. The lowest BCUT2D eigenvalue weighted by atomic mass is 9.89. The van der Waals surface area contributed by atoms with E-state index in [9.17, 15) is 9.59 Å². The van der Waals surface area contributed by atoms with Crippen LogP contribution in [-0.4, -0.2) is 48.8 Å². The Kier molecular flexibility index (Phi) is 7.51. The molecule has 6 heteroatoms. The largest absolute Gasteiger partial charge is 0.466 e. The van der Waals surface area contributed by atoms with Crippen molar-refractivity contribution in [1.82, 2.24) is 4.90 Å². The Labute approximate surface area is 162 Å². The highest BCUT2D eigenvalue weighted by Crippen LogP contribution is 2.29. The maximum Gasteiger partial charge on any atom is 0.410 e. The maximum absolute atomic E-state index is 12.2. The molecule has 0 unspecified atom stereocenters. The summed E-state index contributed by atoms with van der Waals surface area (Å²) in [6.07, 6.45) is 2.02. The fraction of sp³-hybridized carbons (Fsp3) is 0.619. The minimum atomic E-state index is -0.454. The number of carbonyl (C=O) groups is 2. The molecule has 1 aromatic carbocycles. The van der Waals surface area contributed by atoms with Gasteiger partial charge in [0.15, 0.2) is 0 Å². The second-order valence-corrected chi connectivity index (χ2v) is 7.85. The highest BCUT2D eigenvalue weighted by Gasteiger charge is 2.27. The molecule has 1 N–H and O–H groups in total. The lowest BCUT2D eigenvalue weighted by Crippen LogP contribution is -2.41. The van der Waals surface area contributed by atoms with Gasteiger partial charge in [-0.05, 0) is 64.2 Å². The molecule has 0 saturated carbocycles. The number of likely N-dealkylation sites (tertiary alicyclic amines) is 1. The van der Waals surface area contributed by atoms with E-state index in [1.54, 1.807) is 4.90 Å². The smallest absolute Gasteiger partial charge is 0.410 e. The van der Waals surface area contributed by atoms with Gasteiger partial charge in [-0.1, -0.05) is 12.1 Å². The Morgan fingerprint density at radius 2 is 1.78 bits per heavy atom. The Morgan fingerprint density at radius 3 is 2.33 bits per heavy atom. The third-order valence-corrected chi connectivity index (χ3v) is 4.49. The molecule has 0 aliphatic carbocycles. The van der Waals surface area contributed by atoms with E-state index in [0.29, 0.717) is 25.5 Å². The van der Waals surface area contributed by atoms with Crippen LogP contribution in [0.4, 0.5) is 10.5 Å². The molecule has 1 aliphatic rings. The average molecular weight is 376 g/mol. The summed E-state index contributed by atoms with van der Waals surface area (Å²) in [6, 6.07) is 8.34. The number of hydrogen-bond donors (Lipinski definition) is 1. The molecule has 1 saturated heterocycles. The van der Waals surface area contributed by atoms with E-state index < -0.39 is 5.60 Å². The number of nitrogens with one attached hydrogen (secondary N) is 1. The van der Waals surface area contributed by atoms with Crippen molar-refractivity contribution in [3.63, 3.8) is 0 Å². The van der Waals surface area contributed by atoms with E-state index in [-0.39, 0.29) is 12.1 Å². The topological polar surface area (TPSA) is 67.9 Å². The van der Waals surface area contributed by atoms with Crippen molar-refractivity contribution in [2.75, 3.05) is 31.6 Å². The summed E-state index contributed by atoms with van der Waals surface area (Å²) >= 11 is 0. The van der Waals surface area contributed by atoms with Crippen molar-refractivity contribution in [1.29, 1.82) is 0 Å². The summed E-state index contributed by atoms with van der Waals surface area (Å²) in [5.41, 5.74) is 1.83. The Balaban J connectivity index is 1.78. The van der Waals surface area contributed by atoms with Gasteiger partial charge in [0.05, 0.1) is 13.0 Å². The van der Waals surface area contributed by atoms with Crippen molar-refractivity contribution in [3.8, 4) is 0 Å². The first-order chi connectivity index (χ1) is 12.8. The molecule has 150 valence electrons. The van der Waals surface area contributed by atoms with E-state index in [0.717, 1.165) is 31.6 Å². The zero-order chi connectivity index (χ0) is 19.9. The molecule has 2 rings (SSSR count). The molecule has 1 aliphatic heterocycles. The zero-order valence-electron chi connectivity index (χ0n) is 16.9. The number of benzene rings is 1. The van der Waals surface area contributed by atoms with Crippen molar-refractivity contribution in [3.05, 3.63) is 29.8 Å². The van der Waals surface area contributed by atoms with Crippen LogP contribution >= 0.6 is 0 Å². The van der Waals surface area contributed by atoms with Gasteiger partial charge in [0.25, 0.3) is 0 Å². The van der Waals surface area contributed by atoms with Gasteiger partial charge in [-0.25, -0.2) is 4.79 Å². The molecular formula is C21H32N2O4. The second-order valence-electron chi connectivity index (χ2n) is 7.85. The second kappa shape index (κ2) is 9.62. The number of piperidine rings is 1. The summed E-state index contributed by atoms with van der Waals surface area (Å²) in [6.45, 7) is 9.90. The lowest BCUT2D eigenvalue weighted by molar-refractivity contribution is -0.142. The minimum absolute atomic E-state index is 0.182. The summed E-state index contributed by atoms with van der Waals surface area (Å²) in [7, 11) is 0. The lowest BCUT2D eigenvalue weighted by Gasteiger charge is -2.33. The molecule has 0 bridgehead atoms. The number of hydrogen-bond acceptors (Lipinski definition) is 5. The van der Waals surface area contributed by atoms with Gasteiger partial charge >= 0.3 is 12.1 Å². The molecule has 0 radical (unpaired) electrons. The van der Waals surface area contributed by atoms with Crippen LogP contribution in [0.25, 0.3) is 0 Å². The van der Waals surface area contributed by atoms with E-state index in [4.69, 9.17) is 9.47 Å². The summed E-state index contributed by atoms with van der Waals surface area (Å²) in [4.78, 5) is 25.3. The Morgan fingerprint density at radius 1 is 1.15 bits per heavy atom. The van der Waals surface area contributed by atoms with Crippen molar-refractivity contribution >= 4 is 17.7 Å². The number of carbonyl (C=O) groups excluding carboxylic acids is 2. The predicted molar refractivity (Wildman–Crippen MR) is 106 cm³/mol. The summed E-state index contributed by atoms with van der Waals surface area (Å²) < 4.78 is 10.4. The van der Waals surface area contributed by atoms with Crippen LogP contribution in [0.1, 0.15) is 58.4 Å². The van der Waals surface area contributed by atoms with Crippen LogP contribution in [0.5, 0.6) is 0 Å². The highest BCUT2D eigenvalue weighted by molar-refractivity contribution is 5.70. The normalized spacial score (nSPS) is 15.3. The van der Waals surface area contributed by atoms with Gasteiger partial charge < -0.3 is 19.7 Å². The van der Waals surface area contributed by atoms with Gasteiger partial charge in [0.1, 0.15) is 5.60 Å². The van der Waals surface area contributed by atoms with Crippen LogP contribution in [0.2, 0.25) is 0 Å². The first kappa shape index (κ1) is 21.1. The van der Waals surface area contributed by atoms with E-state index in [1.807, 2.05) is 39.8 Å². The monoisotopic (exact) mass is 376 g/mol. The molecule has 0 aromatic heterocycles. The Hall–Kier alpha value is -2.24. The first-order valence-corrected chi connectivity index (χ1v) is 9.76. The SMILES string of the molecule is CCOC(=O)CCNc1ccc(C2CCN(C(=O)OC(C)(C)C)CC2)cc1. The van der Waals surface area contributed by atoms with Crippen molar-refractivity contribution in [2.24, 2.45) is 0 Å². The number of nitrogens with zero attached hydrogens (tertiary/aromatic N) is 1. The van der Waals surface area contributed by atoms with Crippen molar-refractivity contribution < 1.29 is 19.1 Å². The van der Waals surface area contributed by atoms with E-state index >= 15 is 0 Å². The fourth-order valence-electron chi connectivity index (χ4n) is 3.14. The first-order valence-electron chi connectivity index (χ1n) is 9.76. The third kappa shape index (κ3) is 7.12. The summed E-state index contributed by atoms with van der Waals surface area (Å²) in [5.74, 6) is 0.274. The number of esters is 1. The molecule has 0 spiro atoms. The number of ether oxygens (including phenoxy) is 2. The van der Waals surface area contributed by atoms with E-state index in [1.165, 1.54) is 5.56 Å². The van der Waals surface area contributed by atoms with Gasteiger partial charge in [0.2, 0.25) is 0 Å².